The SMILES string of the molecule is COc1ncnc(C2CC2)c1-c1nc2n(n1)CCC(=O)N2Cc1ccc(-c2nc(C(F)(F)F)cn2C(C)C)c(F)c1OC. The summed E-state index contributed by atoms with van der Waals surface area (Å²) >= 11 is 0. The van der Waals surface area contributed by atoms with Crippen molar-refractivity contribution >= 4 is 11.9 Å². The van der Waals surface area contributed by atoms with Crippen molar-refractivity contribution in [3.8, 4) is 34.4 Å². The maximum absolute atomic E-state index is 15.9. The second-order valence-electron chi connectivity index (χ2n) is 10.7. The third-order valence-electron chi connectivity index (χ3n) is 7.49. The molecular weight excluding hydrogens is 572 g/mol. The second kappa shape index (κ2) is 10.6. The number of halogens is 4. The third-order valence-corrected chi connectivity index (χ3v) is 7.49. The molecule has 0 spiro atoms. The van der Waals surface area contributed by atoms with E-state index >= 15 is 4.39 Å². The quantitative estimate of drug-likeness (QED) is 0.255. The minimum absolute atomic E-state index is 0.123. The standard InChI is InChI=1S/C28H28F4N8O3/c1-14(2)38-12-18(28(30,31)32)35-25(38)17-8-7-16(23(42-3)21(17)29)11-39-19(41)9-10-40-27(39)36-24(37-40)20-22(15-5-6-15)33-13-34-26(20)43-4/h7-8,12-15H,5-6,9-11H2,1-4H3. The molecule has 0 atom stereocenters. The van der Waals surface area contributed by atoms with Gasteiger partial charge in [-0.25, -0.2) is 24.0 Å². The number of alkyl halides is 3. The summed E-state index contributed by atoms with van der Waals surface area (Å²) in [5.74, 6) is -0.439. The molecule has 2 aliphatic rings. The summed E-state index contributed by atoms with van der Waals surface area (Å²) in [5.41, 5.74) is 0.337. The summed E-state index contributed by atoms with van der Waals surface area (Å²) in [6.07, 6.45) is -0.331. The van der Waals surface area contributed by atoms with Gasteiger partial charge in [-0.15, -0.1) is 5.10 Å². The number of ether oxygens (including phenoxy) is 2. The lowest BCUT2D eigenvalue weighted by Crippen LogP contribution is -2.37. The van der Waals surface area contributed by atoms with Gasteiger partial charge in [0, 0.05) is 30.1 Å². The molecule has 226 valence electrons. The number of imidazole rings is 1. The van der Waals surface area contributed by atoms with Crippen LogP contribution in [-0.4, -0.2) is 54.4 Å². The number of methoxy groups -OCH3 is 2. The third kappa shape index (κ3) is 5.06. The average molecular weight is 601 g/mol. The lowest BCUT2D eigenvalue weighted by Gasteiger charge is -2.26. The molecular formula is C28H28F4N8O3. The number of fused-ring (bicyclic) bond motifs is 1. The minimum atomic E-state index is -4.70. The van der Waals surface area contributed by atoms with Gasteiger partial charge in [0.15, 0.2) is 23.1 Å². The molecule has 4 aromatic rings. The Bertz CT molecular complexity index is 1710. The van der Waals surface area contributed by atoms with Gasteiger partial charge in [-0.1, -0.05) is 6.07 Å². The number of amides is 1. The average Bonchev–Trinajstić information content (AvgIpc) is 3.56. The number of aryl methyl sites for hydroxylation is 1. The monoisotopic (exact) mass is 600 g/mol. The molecule has 4 heterocycles. The van der Waals surface area contributed by atoms with Gasteiger partial charge in [0.2, 0.25) is 17.7 Å². The van der Waals surface area contributed by atoms with E-state index in [4.69, 9.17) is 9.47 Å². The minimum Gasteiger partial charge on any atom is -0.493 e. The highest BCUT2D eigenvalue weighted by Gasteiger charge is 2.37. The molecule has 11 nitrogen and oxygen atoms in total. The lowest BCUT2D eigenvalue weighted by molar-refractivity contribution is -0.141. The van der Waals surface area contributed by atoms with Crippen molar-refractivity contribution in [1.29, 1.82) is 0 Å². The number of carbonyl (C=O) groups excluding carboxylic acids is 1. The van der Waals surface area contributed by atoms with Crippen molar-refractivity contribution in [1.82, 2.24) is 34.3 Å². The van der Waals surface area contributed by atoms with Crippen LogP contribution in [0.15, 0.2) is 24.7 Å². The van der Waals surface area contributed by atoms with E-state index < -0.39 is 23.7 Å². The first kappa shape index (κ1) is 28.6. The summed E-state index contributed by atoms with van der Waals surface area (Å²) in [6, 6.07) is 2.42. The van der Waals surface area contributed by atoms with Crippen LogP contribution < -0.4 is 14.4 Å². The topological polar surface area (TPSA) is 113 Å². The van der Waals surface area contributed by atoms with E-state index in [9.17, 15) is 18.0 Å². The highest BCUT2D eigenvalue weighted by molar-refractivity contribution is 5.93. The van der Waals surface area contributed by atoms with Gasteiger partial charge in [-0.2, -0.15) is 18.2 Å². The molecule has 1 aliphatic heterocycles. The van der Waals surface area contributed by atoms with Crippen molar-refractivity contribution in [2.75, 3.05) is 19.1 Å². The Morgan fingerprint density at radius 1 is 1.09 bits per heavy atom. The summed E-state index contributed by atoms with van der Waals surface area (Å²) in [5, 5.41) is 4.63. The highest BCUT2D eigenvalue weighted by atomic mass is 19.4. The normalized spacial score (nSPS) is 15.3. The fraction of sp³-hybridized carbons (Fsp3) is 0.429. The van der Waals surface area contributed by atoms with Gasteiger partial charge >= 0.3 is 6.18 Å². The summed E-state index contributed by atoms with van der Waals surface area (Å²) in [6.45, 7) is 3.51. The van der Waals surface area contributed by atoms with Gasteiger partial charge in [-0.05, 0) is 32.8 Å². The van der Waals surface area contributed by atoms with Gasteiger partial charge in [-0.3, -0.25) is 9.69 Å². The van der Waals surface area contributed by atoms with E-state index in [2.05, 4.69) is 25.0 Å². The first-order chi connectivity index (χ1) is 20.5. The Balaban J connectivity index is 1.38. The Hall–Kier alpha value is -4.56. The van der Waals surface area contributed by atoms with Crippen LogP contribution >= 0.6 is 0 Å². The van der Waals surface area contributed by atoms with Crippen molar-refractivity contribution < 1.29 is 31.8 Å². The van der Waals surface area contributed by atoms with E-state index in [0.29, 0.717) is 17.3 Å². The molecule has 43 heavy (non-hydrogen) atoms. The molecule has 1 amide bonds. The number of hydrogen-bond acceptors (Lipinski definition) is 8. The van der Waals surface area contributed by atoms with E-state index in [1.165, 1.54) is 42.1 Å². The zero-order chi connectivity index (χ0) is 30.6. The van der Waals surface area contributed by atoms with Crippen LogP contribution in [0.2, 0.25) is 0 Å². The molecule has 0 saturated heterocycles. The first-order valence-electron chi connectivity index (χ1n) is 13.7. The molecule has 0 bridgehead atoms. The van der Waals surface area contributed by atoms with E-state index in [1.807, 2.05) is 0 Å². The first-order valence-corrected chi connectivity index (χ1v) is 13.7. The Morgan fingerprint density at radius 2 is 1.86 bits per heavy atom. The molecule has 0 N–H and O–H groups in total. The van der Waals surface area contributed by atoms with Gasteiger partial charge in [0.05, 0.1) is 38.6 Å². The van der Waals surface area contributed by atoms with Crippen molar-refractivity contribution in [3.63, 3.8) is 0 Å². The van der Waals surface area contributed by atoms with Crippen LogP contribution in [0, 0.1) is 5.82 Å². The van der Waals surface area contributed by atoms with E-state index in [0.717, 1.165) is 24.7 Å². The van der Waals surface area contributed by atoms with Crippen LogP contribution in [0.25, 0.3) is 22.8 Å². The van der Waals surface area contributed by atoms with Crippen molar-refractivity contribution in [3.05, 3.63) is 47.4 Å². The molecule has 1 saturated carbocycles. The number of rotatable bonds is 8. The number of carbonyl (C=O) groups is 1. The maximum atomic E-state index is 15.9. The predicted octanol–water partition coefficient (Wildman–Crippen LogP) is 5.17. The molecule has 0 unspecified atom stereocenters. The molecule has 15 heteroatoms. The maximum Gasteiger partial charge on any atom is 0.434 e. The molecule has 1 aliphatic carbocycles. The van der Waals surface area contributed by atoms with Crippen LogP contribution in [0.4, 0.5) is 23.5 Å². The van der Waals surface area contributed by atoms with Crippen LogP contribution in [0.1, 0.15) is 62.0 Å². The second-order valence-corrected chi connectivity index (χ2v) is 10.7. The summed E-state index contributed by atoms with van der Waals surface area (Å²) < 4.78 is 70.0. The van der Waals surface area contributed by atoms with Crippen molar-refractivity contribution in [2.24, 2.45) is 0 Å². The zero-order valence-electron chi connectivity index (χ0n) is 23.8. The van der Waals surface area contributed by atoms with Crippen LogP contribution in [0.3, 0.4) is 0 Å². The summed E-state index contributed by atoms with van der Waals surface area (Å²) in [7, 11) is 2.75. The van der Waals surface area contributed by atoms with E-state index in [-0.39, 0.29) is 60.0 Å². The fourth-order valence-corrected chi connectivity index (χ4v) is 5.22. The number of anilines is 1. The molecule has 0 radical (unpaired) electrons. The van der Waals surface area contributed by atoms with Crippen LogP contribution in [-0.2, 0) is 24.1 Å². The number of aromatic nitrogens is 7. The highest BCUT2D eigenvalue weighted by Crippen LogP contribution is 2.45. The fourth-order valence-electron chi connectivity index (χ4n) is 5.22. The molecule has 3 aromatic heterocycles. The molecule has 6 rings (SSSR count). The Labute approximate surface area is 243 Å². The van der Waals surface area contributed by atoms with E-state index in [1.54, 1.807) is 18.5 Å². The molecule has 1 fully saturated rings. The predicted molar refractivity (Wildman–Crippen MR) is 145 cm³/mol. The number of hydrogen-bond donors (Lipinski definition) is 0. The zero-order valence-corrected chi connectivity index (χ0v) is 23.8. The van der Waals surface area contributed by atoms with Crippen LogP contribution in [0.5, 0.6) is 11.6 Å². The van der Waals surface area contributed by atoms with Gasteiger partial charge in [0.1, 0.15) is 17.7 Å². The lowest BCUT2D eigenvalue weighted by atomic mass is 10.1. The smallest absolute Gasteiger partial charge is 0.434 e. The Kier molecular flexibility index (Phi) is 7.05. The van der Waals surface area contributed by atoms with Gasteiger partial charge < -0.3 is 14.0 Å². The summed E-state index contributed by atoms with van der Waals surface area (Å²) in [4.78, 5) is 31.6. The number of benzene rings is 1. The largest absolute Gasteiger partial charge is 0.493 e. The Morgan fingerprint density at radius 3 is 2.51 bits per heavy atom. The molecule has 1 aromatic carbocycles. The van der Waals surface area contributed by atoms with Crippen molar-refractivity contribution in [2.45, 2.75) is 64.3 Å². The van der Waals surface area contributed by atoms with Gasteiger partial charge in [0.25, 0.3) is 0 Å². The number of nitrogens with zero attached hydrogens (tertiary/aromatic N) is 8.